The van der Waals surface area contributed by atoms with E-state index in [4.69, 9.17) is 15.2 Å². The van der Waals surface area contributed by atoms with Crippen LogP contribution in [0.5, 0.6) is 0 Å². The third-order valence-corrected chi connectivity index (χ3v) is 2.32. The van der Waals surface area contributed by atoms with Gasteiger partial charge in [-0.25, -0.2) is 4.39 Å². The van der Waals surface area contributed by atoms with Crippen LogP contribution in [0.25, 0.3) is 0 Å². The van der Waals surface area contributed by atoms with Crippen molar-refractivity contribution in [2.45, 2.75) is 13.8 Å². The summed E-state index contributed by atoms with van der Waals surface area (Å²) in [5, 5.41) is 2.40. The second-order valence-electron chi connectivity index (χ2n) is 4.81. The lowest BCUT2D eigenvalue weighted by molar-refractivity contribution is -0.121. The van der Waals surface area contributed by atoms with Crippen molar-refractivity contribution in [2.75, 3.05) is 37.5 Å². The molecule has 1 aromatic carbocycles. The molecule has 0 fully saturated rings. The topological polar surface area (TPSA) is 73.6 Å². The molecule has 0 saturated carbocycles. The molecule has 0 aromatic heterocycles. The Hall–Kier alpha value is -1.66. The molecule has 6 heteroatoms. The maximum Gasteiger partial charge on any atom is 0.250 e. The van der Waals surface area contributed by atoms with Crippen molar-refractivity contribution in [3.05, 3.63) is 24.0 Å². The Bertz CT molecular complexity index is 438. The number of hydrogen-bond acceptors (Lipinski definition) is 4. The molecule has 0 radical (unpaired) electrons. The Labute approximate surface area is 118 Å². The molecule has 0 aliphatic heterocycles. The van der Waals surface area contributed by atoms with Gasteiger partial charge in [-0.15, -0.1) is 0 Å². The smallest absolute Gasteiger partial charge is 0.250 e. The van der Waals surface area contributed by atoms with Crippen LogP contribution < -0.4 is 11.1 Å². The van der Waals surface area contributed by atoms with Crippen LogP contribution in [0, 0.1) is 11.7 Å². The van der Waals surface area contributed by atoms with Gasteiger partial charge < -0.3 is 20.5 Å². The molecule has 0 aliphatic carbocycles. The molecule has 1 aromatic rings. The summed E-state index contributed by atoms with van der Waals surface area (Å²) in [7, 11) is 0. The van der Waals surface area contributed by atoms with Crippen molar-refractivity contribution in [3.8, 4) is 0 Å². The van der Waals surface area contributed by atoms with Gasteiger partial charge in [0.2, 0.25) is 5.91 Å². The predicted octanol–water partition coefficient (Wildman–Crippen LogP) is 2.04. The second kappa shape index (κ2) is 8.50. The van der Waals surface area contributed by atoms with E-state index in [1.165, 1.54) is 18.2 Å². The minimum atomic E-state index is -0.534. The van der Waals surface area contributed by atoms with Gasteiger partial charge in [0.1, 0.15) is 12.4 Å². The second-order valence-corrected chi connectivity index (χ2v) is 4.81. The van der Waals surface area contributed by atoms with Gasteiger partial charge in [0.25, 0.3) is 0 Å². The number of anilines is 2. The number of benzene rings is 1. The molecule has 0 atom stereocenters. The standard InChI is InChI=1S/C14H21FN2O3/c1-10(2)8-19-5-6-20-9-14(18)17-13-7-11(16)3-4-12(13)15/h3-4,7,10H,5-6,8-9,16H2,1-2H3,(H,17,18). The van der Waals surface area contributed by atoms with Crippen LogP contribution in [0.1, 0.15) is 13.8 Å². The molecule has 5 nitrogen and oxygen atoms in total. The van der Waals surface area contributed by atoms with E-state index in [2.05, 4.69) is 19.2 Å². The highest BCUT2D eigenvalue weighted by molar-refractivity contribution is 5.92. The van der Waals surface area contributed by atoms with Gasteiger partial charge in [-0.3, -0.25) is 4.79 Å². The highest BCUT2D eigenvalue weighted by Crippen LogP contribution is 2.17. The number of rotatable bonds is 8. The summed E-state index contributed by atoms with van der Waals surface area (Å²) in [5.74, 6) is -0.504. The summed E-state index contributed by atoms with van der Waals surface area (Å²) >= 11 is 0. The van der Waals surface area contributed by atoms with Crippen molar-refractivity contribution in [2.24, 2.45) is 5.92 Å². The maximum absolute atomic E-state index is 13.4. The molecule has 0 unspecified atom stereocenters. The SMILES string of the molecule is CC(C)COCCOCC(=O)Nc1cc(N)ccc1F. The number of carbonyl (C=O) groups is 1. The number of nitrogen functional groups attached to an aromatic ring is 1. The van der Waals surface area contributed by atoms with Gasteiger partial charge in [0.05, 0.1) is 18.9 Å². The largest absolute Gasteiger partial charge is 0.399 e. The van der Waals surface area contributed by atoms with Crippen molar-refractivity contribution in [1.29, 1.82) is 0 Å². The average molecular weight is 284 g/mol. The van der Waals surface area contributed by atoms with E-state index in [9.17, 15) is 9.18 Å². The summed E-state index contributed by atoms with van der Waals surface area (Å²) < 4.78 is 23.8. The van der Waals surface area contributed by atoms with Gasteiger partial charge in [-0.1, -0.05) is 13.8 Å². The first kappa shape index (κ1) is 16.4. The van der Waals surface area contributed by atoms with Crippen LogP contribution in [0.3, 0.4) is 0 Å². The zero-order valence-electron chi connectivity index (χ0n) is 11.8. The highest BCUT2D eigenvalue weighted by Gasteiger charge is 2.07. The molecule has 3 N–H and O–H groups in total. The van der Waals surface area contributed by atoms with Crippen LogP contribution in [0.2, 0.25) is 0 Å². The van der Waals surface area contributed by atoms with E-state index in [0.29, 0.717) is 31.4 Å². The summed E-state index contributed by atoms with van der Waals surface area (Å²) in [5.41, 5.74) is 5.95. The Morgan fingerprint density at radius 3 is 2.75 bits per heavy atom. The average Bonchev–Trinajstić information content (AvgIpc) is 2.37. The molecular weight excluding hydrogens is 263 g/mol. The predicted molar refractivity (Wildman–Crippen MR) is 75.9 cm³/mol. The zero-order valence-corrected chi connectivity index (χ0v) is 11.8. The van der Waals surface area contributed by atoms with E-state index in [1.807, 2.05) is 0 Å². The minimum absolute atomic E-state index is 0.0506. The molecule has 0 heterocycles. The lowest BCUT2D eigenvalue weighted by atomic mass is 10.2. The van der Waals surface area contributed by atoms with E-state index in [1.54, 1.807) is 0 Å². The zero-order chi connectivity index (χ0) is 15.0. The molecular formula is C14H21FN2O3. The molecule has 0 aliphatic rings. The van der Waals surface area contributed by atoms with E-state index in [0.717, 1.165) is 0 Å². The Morgan fingerprint density at radius 2 is 2.05 bits per heavy atom. The fourth-order valence-electron chi connectivity index (χ4n) is 1.43. The third kappa shape index (κ3) is 6.49. The fraction of sp³-hybridized carbons (Fsp3) is 0.500. The Morgan fingerprint density at radius 1 is 1.35 bits per heavy atom. The van der Waals surface area contributed by atoms with Crippen molar-refractivity contribution in [1.82, 2.24) is 0 Å². The lowest BCUT2D eigenvalue weighted by Crippen LogP contribution is -2.20. The lowest BCUT2D eigenvalue weighted by Gasteiger charge is -2.09. The molecule has 0 spiro atoms. The fourth-order valence-corrected chi connectivity index (χ4v) is 1.43. The van der Waals surface area contributed by atoms with Gasteiger partial charge in [-0.05, 0) is 24.1 Å². The molecule has 1 amide bonds. The van der Waals surface area contributed by atoms with Gasteiger partial charge in [-0.2, -0.15) is 0 Å². The van der Waals surface area contributed by atoms with Crippen molar-refractivity contribution >= 4 is 17.3 Å². The first-order valence-corrected chi connectivity index (χ1v) is 6.49. The van der Waals surface area contributed by atoms with Crippen LogP contribution in [-0.2, 0) is 14.3 Å². The molecule has 1 rings (SSSR count). The van der Waals surface area contributed by atoms with Crippen molar-refractivity contribution < 1.29 is 18.7 Å². The normalized spacial score (nSPS) is 10.8. The summed E-state index contributed by atoms with van der Waals surface area (Å²) in [6, 6.07) is 3.98. The quantitative estimate of drug-likeness (QED) is 0.566. The van der Waals surface area contributed by atoms with Crippen LogP contribution >= 0.6 is 0 Å². The van der Waals surface area contributed by atoms with E-state index >= 15 is 0 Å². The summed E-state index contributed by atoms with van der Waals surface area (Å²) in [6.45, 7) is 5.35. The molecule has 0 saturated heterocycles. The van der Waals surface area contributed by atoms with Crippen LogP contribution in [-0.4, -0.2) is 32.3 Å². The number of nitrogens with two attached hydrogens (primary N) is 1. The number of halogens is 1. The first-order chi connectivity index (χ1) is 9.49. The molecule has 0 bridgehead atoms. The van der Waals surface area contributed by atoms with E-state index < -0.39 is 11.7 Å². The number of ether oxygens (including phenoxy) is 2. The molecule has 20 heavy (non-hydrogen) atoms. The van der Waals surface area contributed by atoms with E-state index in [-0.39, 0.29) is 12.3 Å². The number of hydrogen-bond donors (Lipinski definition) is 2. The monoisotopic (exact) mass is 284 g/mol. The number of nitrogens with one attached hydrogen (secondary N) is 1. The van der Waals surface area contributed by atoms with Crippen molar-refractivity contribution in [3.63, 3.8) is 0 Å². The van der Waals surface area contributed by atoms with Gasteiger partial charge >= 0.3 is 0 Å². The Balaban J connectivity index is 2.22. The summed E-state index contributed by atoms with van der Waals surface area (Å²) in [4.78, 5) is 11.5. The third-order valence-electron chi connectivity index (χ3n) is 2.32. The number of carbonyl (C=O) groups excluding carboxylic acids is 1. The highest BCUT2D eigenvalue weighted by atomic mass is 19.1. The van der Waals surface area contributed by atoms with Gasteiger partial charge in [0, 0.05) is 12.3 Å². The Kier molecular flexibility index (Phi) is 6.97. The summed E-state index contributed by atoms with van der Waals surface area (Å²) in [6.07, 6.45) is 0. The maximum atomic E-state index is 13.4. The van der Waals surface area contributed by atoms with Crippen LogP contribution in [0.4, 0.5) is 15.8 Å². The minimum Gasteiger partial charge on any atom is -0.399 e. The first-order valence-electron chi connectivity index (χ1n) is 6.49. The van der Waals surface area contributed by atoms with Gasteiger partial charge in [0.15, 0.2) is 0 Å². The number of amides is 1. The molecule has 112 valence electrons. The van der Waals surface area contributed by atoms with Crippen LogP contribution in [0.15, 0.2) is 18.2 Å².